The molecule has 1 aromatic heterocycles. The molecule has 0 saturated carbocycles. The van der Waals surface area contributed by atoms with E-state index in [0.717, 1.165) is 5.69 Å². The molecule has 18 heavy (non-hydrogen) atoms. The number of rotatable bonds is 4. The molecule has 2 rings (SSSR count). The van der Waals surface area contributed by atoms with Crippen molar-refractivity contribution in [2.75, 3.05) is 0 Å². The van der Waals surface area contributed by atoms with Crippen molar-refractivity contribution < 1.29 is 14.6 Å². The van der Waals surface area contributed by atoms with Crippen LogP contribution in [-0.2, 0) is 13.7 Å². The first kappa shape index (κ1) is 12.6. The average Bonchev–Trinajstić information content (AvgIpc) is 2.73. The van der Waals surface area contributed by atoms with Crippen LogP contribution in [-0.4, -0.2) is 20.9 Å². The van der Waals surface area contributed by atoms with Gasteiger partial charge in [-0.25, -0.2) is 4.79 Å². The Morgan fingerprint density at radius 2 is 2.28 bits per heavy atom. The number of hydrogen-bond acceptors (Lipinski definition) is 3. The van der Waals surface area contributed by atoms with Gasteiger partial charge in [-0.1, -0.05) is 6.07 Å². The van der Waals surface area contributed by atoms with Crippen molar-refractivity contribution in [1.29, 1.82) is 0 Å². The Kier molecular flexibility index (Phi) is 3.66. The molecule has 94 valence electrons. The van der Waals surface area contributed by atoms with Crippen molar-refractivity contribution >= 4 is 21.9 Å². The Morgan fingerprint density at radius 3 is 2.89 bits per heavy atom. The highest BCUT2D eigenvalue weighted by Gasteiger charge is 2.14. The summed E-state index contributed by atoms with van der Waals surface area (Å²) < 4.78 is 7.80. The summed E-state index contributed by atoms with van der Waals surface area (Å²) in [6, 6.07) is 6.71. The number of nitrogens with zero attached hydrogens (tertiary/aromatic N) is 2. The van der Waals surface area contributed by atoms with Crippen LogP contribution in [0, 0.1) is 0 Å². The van der Waals surface area contributed by atoms with Gasteiger partial charge in [0, 0.05) is 13.2 Å². The second-order valence-corrected chi connectivity index (χ2v) is 4.55. The number of para-hydroxylation sites is 1. The molecule has 0 aliphatic heterocycles. The second-order valence-electron chi connectivity index (χ2n) is 3.69. The molecule has 0 fully saturated rings. The monoisotopic (exact) mass is 310 g/mol. The molecule has 5 nitrogen and oxygen atoms in total. The Hall–Kier alpha value is -1.82. The van der Waals surface area contributed by atoms with Crippen molar-refractivity contribution in [1.82, 2.24) is 9.78 Å². The SMILES string of the molecule is Cn1ccc(COc2c(Br)cccc2C(=O)O)n1. The van der Waals surface area contributed by atoms with Crippen LogP contribution in [0.2, 0.25) is 0 Å². The molecule has 0 bridgehead atoms. The van der Waals surface area contributed by atoms with Gasteiger partial charge in [0.25, 0.3) is 0 Å². The number of aryl methyl sites for hydroxylation is 1. The van der Waals surface area contributed by atoms with E-state index in [1.807, 2.05) is 13.1 Å². The molecule has 0 atom stereocenters. The molecule has 6 heteroatoms. The minimum Gasteiger partial charge on any atom is -0.485 e. The molecule has 0 saturated heterocycles. The quantitative estimate of drug-likeness (QED) is 0.942. The van der Waals surface area contributed by atoms with Crippen LogP contribution in [0.5, 0.6) is 5.75 Å². The summed E-state index contributed by atoms with van der Waals surface area (Å²) in [4.78, 5) is 11.1. The predicted octanol–water partition coefficient (Wildman–Crippen LogP) is 2.46. The van der Waals surface area contributed by atoms with Crippen LogP contribution in [0.15, 0.2) is 34.9 Å². The fourth-order valence-electron chi connectivity index (χ4n) is 1.51. The smallest absolute Gasteiger partial charge is 0.339 e. The van der Waals surface area contributed by atoms with Gasteiger partial charge in [-0.15, -0.1) is 0 Å². The molecule has 2 aromatic rings. The number of aromatic nitrogens is 2. The number of ether oxygens (including phenoxy) is 1. The fraction of sp³-hybridized carbons (Fsp3) is 0.167. The van der Waals surface area contributed by atoms with Crippen LogP contribution in [0.25, 0.3) is 0 Å². The zero-order valence-electron chi connectivity index (χ0n) is 9.63. The van der Waals surface area contributed by atoms with Crippen LogP contribution in [0.4, 0.5) is 0 Å². The summed E-state index contributed by atoms with van der Waals surface area (Å²) in [5.41, 5.74) is 0.866. The number of carboxylic acid groups (broad SMARTS) is 1. The first-order valence-electron chi connectivity index (χ1n) is 5.21. The first-order valence-corrected chi connectivity index (χ1v) is 6.00. The third-order valence-corrected chi connectivity index (χ3v) is 2.96. The lowest BCUT2D eigenvalue weighted by Crippen LogP contribution is -2.04. The summed E-state index contributed by atoms with van der Waals surface area (Å²) in [6.45, 7) is 0.226. The molecule has 1 N–H and O–H groups in total. The maximum atomic E-state index is 11.1. The van der Waals surface area contributed by atoms with Gasteiger partial charge in [-0.3, -0.25) is 4.68 Å². The second kappa shape index (κ2) is 5.22. The van der Waals surface area contributed by atoms with E-state index in [9.17, 15) is 4.79 Å². The lowest BCUT2D eigenvalue weighted by molar-refractivity contribution is 0.0691. The first-order chi connectivity index (χ1) is 8.58. The number of carboxylic acids is 1. The Balaban J connectivity index is 2.20. The molecule has 0 aliphatic carbocycles. The largest absolute Gasteiger partial charge is 0.485 e. The molecule has 1 heterocycles. The third kappa shape index (κ3) is 2.70. The van der Waals surface area contributed by atoms with E-state index in [1.165, 1.54) is 6.07 Å². The van der Waals surface area contributed by atoms with E-state index in [-0.39, 0.29) is 12.2 Å². The topological polar surface area (TPSA) is 64.3 Å². The molecule has 0 unspecified atom stereocenters. The lowest BCUT2D eigenvalue weighted by Gasteiger charge is -2.09. The van der Waals surface area contributed by atoms with Crippen molar-refractivity contribution in [3.63, 3.8) is 0 Å². The summed E-state index contributed by atoms with van der Waals surface area (Å²) in [7, 11) is 1.81. The van der Waals surface area contributed by atoms with Gasteiger partial charge in [0.2, 0.25) is 0 Å². The van der Waals surface area contributed by atoms with E-state index in [1.54, 1.807) is 23.0 Å². The number of hydrogen-bond donors (Lipinski definition) is 1. The lowest BCUT2D eigenvalue weighted by atomic mass is 10.2. The third-order valence-electron chi connectivity index (χ3n) is 2.33. The van der Waals surface area contributed by atoms with Gasteiger partial charge in [0.1, 0.15) is 17.9 Å². The number of halogens is 1. The summed E-state index contributed by atoms with van der Waals surface area (Å²) in [5, 5.41) is 13.2. The van der Waals surface area contributed by atoms with E-state index in [2.05, 4.69) is 21.0 Å². The minimum absolute atomic E-state index is 0.125. The van der Waals surface area contributed by atoms with Gasteiger partial charge in [-0.05, 0) is 34.1 Å². The fourth-order valence-corrected chi connectivity index (χ4v) is 1.99. The summed E-state index contributed by atoms with van der Waals surface area (Å²) >= 11 is 3.28. The Bertz CT molecular complexity index is 580. The molecular formula is C12H11BrN2O3. The maximum absolute atomic E-state index is 11.1. The van der Waals surface area contributed by atoms with E-state index in [4.69, 9.17) is 9.84 Å². The Labute approximate surface area is 112 Å². The van der Waals surface area contributed by atoms with Crippen molar-refractivity contribution in [3.8, 4) is 5.75 Å². The van der Waals surface area contributed by atoms with Crippen LogP contribution in [0.3, 0.4) is 0 Å². The summed E-state index contributed by atoms with van der Waals surface area (Å²) in [6.07, 6.45) is 1.80. The van der Waals surface area contributed by atoms with Crippen LogP contribution >= 0.6 is 15.9 Å². The highest BCUT2D eigenvalue weighted by atomic mass is 79.9. The molecule has 0 radical (unpaired) electrons. The Morgan fingerprint density at radius 1 is 1.50 bits per heavy atom. The van der Waals surface area contributed by atoms with E-state index < -0.39 is 5.97 Å². The number of carbonyl (C=O) groups is 1. The highest BCUT2D eigenvalue weighted by molar-refractivity contribution is 9.10. The van der Waals surface area contributed by atoms with Crippen LogP contribution in [0.1, 0.15) is 16.1 Å². The van der Waals surface area contributed by atoms with Gasteiger partial charge >= 0.3 is 5.97 Å². The molecule has 0 amide bonds. The van der Waals surface area contributed by atoms with Crippen molar-refractivity contribution in [2.24, 2.45) is 7.05 Å². The highest BCUT2D eigenvalue weighted by Crippen LogP contribution is 2.29. The van der Waals surface area contributed by atoms with Crippen molar-refractivity contribution in [3.05, 3.63) is 46.2 Å². The molecular weight excluding hydrogens is 300 g/mol. The average molecular weight is 311 g/mol. The zero-order chi connectivity index (χ0) is 13.1. The number of aromatic carboxylic acids is 1. The molecule has 1 aromatic carbocycles. The van der Waals surface area contributed by atoms with E-state index in [0.29, 0.717) is 10.2 Å². The molecule has 0 spiro atoms. The predicted molar refractivity (Wildman–Crippen MR) is 68.6 cm³/mol. The van der Waals surface area contributed by atoms with Crippen molar-refractivity contribution in [2.45, 2.75) is 6.61 Å². The number of benzene rings is 1. The molecule has 0 aliphatic rings. The minimum atomic E-state index is -1.02. The van der Waals surface area contributed by atoms with Gasteiger partial charge in [0.15, 0.2) is 0 Å². The van der Waals surface area contributed by atoms with Gasteiger partial charge in [0.05, 0.1) is 10.2 Å². The standard InChI is InChI=1S/C12H11BrN2O3/c1-15-6-5-8(14-15)7-18-11-9(12(16)17)3-2-4-10(11)13/h2-6H,7H2,1H3,(H,16,17). The maximum Gasteiger partial charge on any atom is 0.339 e. The van der Waals surface area contributed by atoms with Gasteiger partial charge in [-0.2, -0.15) is 5.10 Å². The zero-order valence-corrected chi connectivity index (χ0v) is 11.2. The summed E-state index contributed by atoms with van der Waals surface area (Å²) in [5.74, 6) is -0.706. The van der Waals surface area contributed by atoms with Crippen LogP contribution < -0.4 is 4.74 Å². The van der Waals surface area contributed by atoms with Gasteiger partial charge < -0.3 is 9.84 Å². The normalized spacial score (nSPS) is 10.3. The van der Waals surface area contributed by atoms with E-state index >= 15 is 0 Å².